The highest BCUT2D eigenvalue weighted by Gasteiger charge is 2.09. The molecule has 2 nitrogen and oxygen atoms in total. The van der Waals surface area contributed by atoms with Crippen LogP contribution in [0.25, 0.3) is 5.65 Å². The lowest BCUT2D eigenvalue weighted by Crippen LogP contribution is -1.91. The van der Waals surface area contributed by atoms with Gasteiger partial charge in [-0.3, -0.25) is 0 Å². The Bertz CT molecular complexity index is 438. The number of aromatic nitrogens is 2. The Labute approximate surface area is 75.0 Å². The van der Waals surface area contributed by atoms with Gasteiger partial charge in [0, 0.05) is 12.4 Å². The predicted octanol–water partition coefficient (Wildman–Crippen LogP) is 2.38. The van der Waals surface area contributed by atoms with Crippen LogP contribution in [0.4, 0.5) is 8.78 Å². The molecule has 0 spiro atoms. The first-order valence-corrected chi connectivity index (χ1v) is 3.96. The first-order valence-electron chi connectivity index (χ1n) is 3.16. The number of hydrogen-bond acceptors (Lipinski definition) is 1. The number of halogens is 3. The molecule has 0 unspecified atom stereocenters. The van der Waals surface area contributed by atoms with Crippen LogP contribution < -0.4 is 0 Å². The fourth-order valence-electron chi connectivity index (χ4n) is 0.965. The number of pyridine rings is 1. The Morgan fingerprint density at radius 3 is 2.92 bits per heavy atom. The molecule has 0 atom stereocenters. The summed E-state index contributed by atoms with van der Waals surface area (Å²) in [6.45, 7) is 0. The molecule has 2 aromatic heterocycles. The van der Waals surface area contributed by atoms with E-state index in [4.69, 9.17) is 0 Å². The first-order chi connectivity index (χ1) is 5.68. The van der Waals surface area contributed by atoms with Crippen molar-refractivity contribution in [2.24, 2.45) is 0 Å². The zero-order chi connectivity index (χ0) is 8.72. The molecule has 0 bridgehead atoms. The van der Waals surface area contributed by atoms with Crippen molar-refractivity contribution in [3.05, 3.63) is 34.7 Å². The standard InChI is InChI=1S/C7H3BrF2N2/c8-5-3-12-2-1-4(9)6(10)7(12)11-5/h1-3H. The lowest BCUT2D eigenvalue weighted by atomic mass is 10.4. The van der Waals surface area contributed by atoms with Gasteiger partial charge in [0.25, 0.3) is 0 Å². The number of imidazole rings is 1. The third kappa shape index (κ3) is 1.01. The van der Waals surface area contributed by atoms with Crippen molar-refractivity contribution in [3.63, 3.8) is 0 Å². The third-order valence-electron chi connectivity index (χ3n) is 1.49. The van der Waals surface area contributed by atoms with Crippen LogP contribution in [0.3, 0.4) is 0 Å². The molecule has 2 aromatic rings. The van der Waals surface area contributed by atoms with E-state index < -0.39 is 11.6 Å². The van der Waals surface area contributed by atoms with Crippen molar-refractivity contribution in [1.82, 2.24) is 9.38 Å². The van der Waals surface area contributed by atoms with Crippen molar-refractivity contribution in [2.75, 3.05) is 0 Å². The van der Waals surface area contributed by atoms with Crippen LogP contribution in [-0.4, -0.2) is 9.38 Å². The smallest absolute Gasteiger partial charge is 0.201 e. The van der Waals surface area contributed by atoms with Gasteiger partial charge in [-0.2, -0.15) is 4.39 Å². The molecule has 5 heteroatoms. The van der Waals surface area contributed by atoms with E-state index in [-0.39, 0.29) is 5.65 Å². The molecule has 2 heterocycles. The molecule has 0 aromatic carbocycles. The topological polar surface area (TPSA) is 17.3 Å². The van der Waals surface area contributed by atoms with Gasteiger partial charge in [0.2, 0.25) is 5.82 Å². The van der Waals surface area contributed by atoms with Crippen LogP contribution in [0.1, 0.15) is 0 Å². The molecular formula is C7H3BrF2N2. The molecule has 0 fully saturated rings. The minimum atomic E-state index is -0.928. The molecule has 0 aliphatic carbocycles. The van der Waals surface area contributed by atoms with Gasteiger partial charge in [0.05, 0.1) is 0 Å². The lowest BCUT2D eigenvalue weighted by molar-refractivity contribution is 0.510. The van der Waals surface area contributed by atoms with Gasteiger partial charge in [-0.25, -0.2) is 9.37 Å². The van der Waals surface area contributed by atoms with Crippen molar-refractivity contribution < 1.29 is 8.78 Å². The van der Waals surface area contributed by atoms with Crippen LogP contribution in [0, 0.1) is 11.6 Å². The van der Waals surface area contributed by atoms with E-state index in [2.05, 4.69) is 20.9 Å². The molecule has 0 amide bonds. The second-order valence-electron chi connectivity index (χ2n) is 2.27. The van der Waals surface area contributed by atoms with Crippen LogP contribution in [0.5, 0.6) is 0 Å². The average molecular weight is 233 g/mol. The molecule has 0 N–H and O–H groups in total. The molecular weight excluding hydrogens is 230 g/mol. The fourth-order valence-corrected chi connectivity index (χ4v) is 1.35. The largest absolute Gasteiger partial charge is 0.303 e. The highest BCUT2D eigenvalue weighted by atomic mass is 79.9. The Hall–Kier alpha value is -0.970. The van der Waals surface area contributed by atoms with E-state index in [0.717, 1.165) is 6.07 Å². The van der Waals surface area contributed by atoms with Gasteiger partial charge >= 0.3 is 0 Å². The predicted molar refractivity (Wildman–Crippen MR) is 42.8 cm³/mol. The van der Waals surface area contributed by atoms with Crippen molar-refractivity contribution in [3.8, 4) is 0 Å². The van der Waals surface area contributed by atoms with Crippen LogP contribution in [0.2, 0.25) is 0 Å². The Morgan fingerprint density at radius 1 is 1.42 bits per heavy atom. The highest BCUT2D eigenvalue weighted by molar-refractivity contribution is 9.10. The van der Waals surface area contributed by atoms with E-state index in [1.54, 1.807) is 6.20 Å². The van der Waals surface area contributed by atoms with E-state index in [0.29, 0.717) is 4.60 Å². The van der Waals surface area contributed by atoms with E-state index >= 15 is 0 Å². The minimum absolute atomic E-state index is 0.0122. The number of fused-ring (bicyclic) bond motifs is 1. The zero-order valence-electron chi connectivity index (χ0n) is 5.76. The average Bonchev–Trinajstić information content (AvgIpc) is 2.39. The second kappa shape index (κ2) is 2.52. The summed E-state index contributed by atoms with van der Waals surface area (Å²) in [4.78, 5) is 3.74. The SMILES string of the molecule is Fc1ccn2cc(Br)nc2c1F. The molecule has 2 rings (SSSR count). The molecule has 0 saturated carbocycles. The third-order valence-corrected chi connectivity index (χ3v) is 1.87. The summed E-state index contributed by atoms with van der Waals surface area (Å²) in [5.74, 6) is -1.82. The van der Waals surface area contributed by atoms with Crippen molar-refractivity contribution in [1.29, 1.82) is 0 Å². The first kappa shape index (κ1) is 7.67. The number of hydrogen-bond donors (Lipinski definition) is 0. The van der Waals surface area contributed by atoms with E-state index in [1.807, 2.05) is 0 Å². The summed E-state index contributed by atoms with van der Waals surface area (Å²) < 4.78 is 27.4. The van der Waals surface area contributed by atoms with Gasteiger partial charge in [-0.05, 0) is 22.0 Å². The van der Waals surface area contributed by atoms with E-state index in [9.17, 15) is 8.78 Å². The molecule has 0 saturated heterocycles. The molecule has 0 radical (unpaired) electrons. The normalized spacial score (nSPS) is 10.9. The Balaban J connectivity index is 2.89. The van der Waals surface area contributed by atoms with Gasteiger partial charge in [-0.15, -0.1) is 0 Å². The maximum atomic E-state index is 12.9. The van der Waals surface area contributed by atoms with Gasteiger partial charge in [0.15, 0.2) is 11.5 Å². The number of nitrogens with zero attached hydrogens (tertiary/aromatic N) is 2. The Kier molecular flexibility index (Phi) is 1.61. The molecule has 12 heavy (non-hydrogen) atoms. The van der Waals surface area contributed by atoms with Gasteiger partial charge in [-0.1, -0.05) is 0 Å². The summed E-state index contributed by atoms with van der Waals surface area (Å²) in [5, 5.41) is 0. The monoisotopic (exact) mass is 232 g/mol. The van der Waals surface area contributed by atoms with Crippen LogP contribution in [-0.2, 0) is 0 Å². The lowest BCUT2D eigenvalue weighted by Gasteiger charge is -1.94. The van der Waals surface area contributed by atoms with Gasteiger partial charge < -0.3 is 4.40 Å². The van der Waals surface area contributed by atoms with Gasteiger partial charge in [0.1, 0.15) is 4.60 Å². The quantitative estimate of drug-likeness (QED) is 0.682. The fraction of sp³-hybridized carbons (Fsp3) is 0. The second-order valence-corrected chi connectivity index (χ2v) is 3.08. The summed E-state index contributed by atoms with van der Waals surface area (Å²) in [7, 11) is 0. The summed E-state index contributed by atoms with van der Waals surface area (Å²) >= 11 is 3.06. The number of rotatable bonds is 0. The van der Waals surface area contributed by atoms with Crippen molar-refractivity contribution in [2.45, 2.75) is 0 Å². The Morgan fingerprint density at radius 2 is 2.17 bits per heavy atom. The molecule has 0 aliphatic rings. The van der Waals surface area contributed by atoms with Crippen LogP contribution in [0.15, 0.2) is 23.1 Å². The summed E-state index contributed by atoms with van der Waals surface area (Å²) in [6, 6.07) is 1.05. The summed E-state index contributed by atoms with van der Waals surface area (Å²) in [6.07, 6.45) is 2.96. The zero-order valence-corrected chi connectivity index (χ0v) is 7.35. The minimum Gasteiger partial charge on any atom is -0.303 e. The van der Waals surface area contributed by atoms with E-state index in [1.165, 1.54) is 10.6 Å². The van der Waals surface area contributed by atoms with Crippen molar-refractivity contribution >= 4 is 21.6 Å². The highest BCUT2D eigenvalue weighted by Crippen LogP contribution is 2.15. The maximum absolute atomic E-state index is 12.9. The maximum Gasteiger partial charge on any atom is 0.201 e. The summed E-state index contributed by atoms with van der Waals surface area (Å²) in [5.41, 5.74) is -0.0122. The molecule has 62 valence electrons. The molecule has 0 aliphatic heterocycles. The van der Waals surface area contributed by atoms with Crippen LogP contribution >= 0.6 is 15.9 Å².